The van der Waals surface area contributed by atoms with Crippen LogP contribution in [0.15, 0.2) is 53.6 Å². The number of carbonyl (C=O) groups excluding carboxylic acids is 2. The van der Waals surface area contributed by atoms with Crippen molar-refractivity contribution in [2.45, 2.75) is 19.1 Å². The molecule has 27 heavy (non-hydrogen) atoms. The van der Waals surface area contributed by atoms with Gasteiger partial charge in [-0.25, -0.2) is 4.79 Å². The number of benzene rings is 2. The maximum Gasteiger partial charge on any atom is 0.354 e. The average Bonchev–Trinajstić information content (AvgIpc) is 3.00. The molecule has 0 radical (unpaired) electrons. The molecule has 1 heterocycles. The highest BCUT2D eigenvalue weighted by Gasteiger charge is 2.48. The molecule has 1 aliphatic rings. The molecule has 1 N–H and O–H groups in total. The molecule has 1 atom stereocenters. The van der Waals surface area contributed by atoms with Gasteiger partial charge in [0.15, 0.2) is 11.4 Å². The van der Waals surface area contributed by atoms with Crippen molar-refractivity contribution in [3.63, 3.8) is 0 Å². The van der Waals surface area contributed by atoms with E-state index in [-0.39, 0.29) is 24.3 Å². The molecule has 0 saturated heterocycles. The van der Waals surface area contributed by atoms with E-state index in [9.17, 15) is 14.7 Å². The molecule has 3 rings (SSSR count). The summed E-state index contributed by atoms with van der Waals surface area (Å²) in [5.41, 5.74) is -1.31. The highest BCUT2D eigenvalue weighted by molar-refractivity contribution is 6.37. The van der Waals surface area contributed by atoms with E-state index < -0.39 is 17.6 Å². The van der Waals surface area contributed by atoms with Gasteiger partial charge in [0.2, 0.25) is 0 Å². The number of hydrogen-bond donors (Lipinski definition) is 1. The average molecular weight is 407 g/mol. The topological polar surface area (TPSA) is 79.2 Å². The van der Waals surface area contributed by atoms with Crippen molar-refractivity contribution in [3.8, 4) is 0 Å². The third kappa shape index (κ3) is 3.83. The maximum atomic E-state index is 13.0. The minimum Gasteiger partial charge on any atom is -0.461 e. The lowest BCUT2D eigenvalue weighted by atomic mass is 9.97. The second-order valence-electron chi connectivity index (χ2n) is 5.89. The number of rotatable bonds is 4. The van der Waals surface area contributed by atoms with Crippen LogP contribution in [0.25, 0.3) is 0 Å². The zero-order valence-corrected chi connectivity index (χ0v) is 15.9. The third-order valence-corrected chi connectivity index (χ3v) is 4.55. The van der Waals surface area contributed by atoms with Gasteiger partial charge in [0.05, 0.1) is 13.0 Å². The Bertz CT molecular complexity index is 914. The first-order valence-corrected chi connectivity index (χ1v) is 8.94. The van der Waals surface area contributed by atoms with Crippen molar-refractivity contribution < 1.29 is 19.4 Å². The van der Waals surface area contributed by atoms with Gasteiger partial charge in [0.25, 0.3) is 5.91 Å². The van der Waals surface area contributed by atoms with Crippen molar-refractivity contribution >= 4 is 40.8 Å². The van der Waals surface area contributed by atoms with Gasteiger partial charge in [0, 0.05) is 21.2 Å². The molecule has 0 saturated carbocycles. The quantitative estimate of drug-likeness (QED) is 0.786. The summed E-state index contributed by atoms with van der Waals surface area (Å²) in [7, 11) is 0. The Morgan fingerprint density at radius 1 is 1.19 bits per heavy atom. The number of esters is 1. The molecule has 0 aromatic heterocycles. The van der Waals surface area contributed by atoms with Gasteiger partial charge in [-0.15, -0.1) is 0 Å². The zero-order valence-electron chi connectivity index (χ0n) is 14.4. The minimum absolute atomic E-state index is 0.0512. The Hall–Kier alpha value is -2.41. The first-order valence-electron chi connectivity index (χ1n) is 8.18. The molecule has 1 unspecified atom stereocenters. The molecule has 0 aliphatic carbocycles. The number of halogens is 2. The second kappa shape index (κ2) is 7.68. The lowest BCUT2D eigenvalue weighted by Crippen LogP contribution is -2.43. The van der Waals surface area contributed by atoms with Crippen LogP contribution in [0.2, 0.25) is 10.0 Å². The summed E-state index contributed by atoms with van der Waals surface area (Å²) in [5.74, 6) is -1.29. The van der Waals surface area contributed by atoms with Crippen LogP contribution in [-0.2, 0) is 15.3 Å². The summed E-state index contributed by atoms with van der Waals surface area (Å²) in [6.07, 6.45) is -0.209. The first kappa shape index (κ1) is 19.4. The second-order valence-corrected chi connectivity index (χ2v) is 6.77. The predicted octanol–water partition coefficient (Wildman–Crippen LogP) is 3.60. The Balaban J connectivity index is 2.04. The largest absolute Gasteiger partial charge is 0.461 e. The monoisotopic (exact) mass is 406 g/mol. The van der Waals surface area contributed by atoms with Gasteiger partial charge < -0.3 is 9.84 Å². The SMILES string of the molecule is CCOC(=O)C1=NN(C(=O)c2cccc(Cl)c2)C(O)(c2ccc(Cl)cc2)C1. The summed E-state index contributed by atoms with van der Waals surface area (Å²) in [6.45, 7) is 1.81. The molecule has 0 spiro atoms. The van der Waals surface area contributed by atoms with E-state index in [1.54, 1.807) is 49.4 Å². The van der Waals surface area contributed by atoms with Crippen LogP contribution in [0.4, 0.5) is 0 Å². The lowest BCUT2D eigenvalue weighted by Gasteiger charge is -2.31. The number of amides is 1. The zero-order chi connectivity index (χ0) is 19.6. The van der Waals surface area contributed by atoms with E-state index in [0.717, 1.165) is 5.01 Å². The molecule has 2 aromatic rings. The van der Waals surface area contributed by atoms with E-state index >= 15 is 0 Å². The van der Waals surface area contributed by atoms with Crippen molar-refractivity contribution in [1.29, 1.82) is 0 Å². The van der Waals surface area contributed by atoms with Crippen LogP contribution in [0, 0.1) is 0 Å². The van der Waals surface area contributed by atoms with Crippen LogP contribution >= 0.6 is 23.2 Å². The number of aliphatic hydroxyl groups is 1. The van der Waals surface area contributed by atoms with Crippen molar-refractivity contribution in [2.24, 2.45) is 5.10 Å². The van der Waals surface area contributed by atoms with E-state index in [1.807, 2.05) is 0 Å². The van der Waals surface area contributed by atoms with Gasteiger partial charge in [0.1, 0.15) is 0 Å². The van der Waals surface area contributed by atoms with Crippen molar-refractivity contribution in [2.75, 3.05) is 6.61 Å². The number of hydrazone groups is 1. The number of hydrogen-bond acceptors (Lipinski definition) is 5. The highest BCUT2D eigenvalue weighted by Crippen LogP contribution is 2.37. The molecule has 0 fully saturated rings. The fraction of sp³-hybridized carbons (Fsp3) is 0.211. The summed E-state index contributed by atoms with van der Waals surface area (Å²) in [6, 6.07) is 12.6. The van der Waals surface area contributed by atoms with E-state index in [2.05, 4.69) is 5.10 Å². The van der Waals surface area contributed by atoms with Gasteiger partial charge in [-0.2, -0.15) is 10.1 Å². The van der Waals surface area contributed by atoms with Crippen LogP contribution in [0.5, 0.6) is 0 Å². The van der Waals surface area contributed by atoms with Gasteiger partial charge >= 0.3 is 5.97 Å². The first-order chi connectivity index (χ1) is 12.8. The van der Waals surface area contributed by atoms with Crippen LogP contribution in [0.3, 0.4) is 0 Å². The molecule has 140 valence electrons. The Morgan fingerprint density at radius 3 is 2.52 bits per heavy atom. The molecular formula is C19H16Cl2N2O4. The third-order valence-electron chi connectivity index (χ3n) is 4.07. The number of ether oxygens (including phenoxy) is 1. The molecular weight excluding hydrogens is 391 g/mol. The molecule has 0 bridgehead atoms. The summed E-state index contributed by atoms with van der Waals surface area (Å²) >= 11 is 11.9. The van der Waals surface area contributed by atoms with Gasteiger partial charge in [-0.3, -0.25) is 4.79 Å². The molecule has 1 amide bonds. The predicted molar refractivity (Wildman–Crippen MR) is 102 cm³/mol. The van der Waals surface area contributed by atoms with Gasteiger partial charge in [-0.05, 0) is 37.3 Å². The minimum atomic E-state index is -1.86. The van der Waals surface area contributed by atoms with Crippen LogP contribution in [0.1, 0.15) is 29.3 Å². The Kier molecular flexibility index (Phi) is 5.51. The van der Waals surface area contributed by atoms with Crippen molar-refractivity contribution in [1.82, 2.24) is 5.01 Å². The Morgan fingerprint density at radius 2 is 1.89 bits per heavy atom. The Labute approximate surface area is 165 Å². The fourth-order valence-electron chi connectivity index (χ4n) is 2.77. The summed E-state index contributed by atoms with van der Waals surface area (Å²) in [5, 5.41) is 17.1. The van der Waals surface area contributed by atoms with Gasteiger partial charge in [-0.1, -0.05) is 41.4 Å². The lowest BCUT2D eigenvalue weighted by molar-refractivity contribution is -0.135. The maximum absolute atomic E-state index is 13.0. The van der Waals surface area contributed by atoms with Crippen LogP contribution < -0.4 is 0 Å². The van der Waals surface area contributed by atoms with Crippen LogP contribution in [-0.4, -0.2) is 34.3 Å². The smallest absolute Gasteiger partial charge is 0.354 e. The molecule has 8 heteroatoms. The van der Waals surface area contributed by atoms with E-state index in [1.165, 1.54) is 6.07 Å². The summed E-state index contributed by atoms with van der Waals surface area (Å²) in [4.78, 5) is 25.1. The molecule has 6 nitrogen and oxygen atoms in total. The highest BCUT2D eigenvalue weighted by atomic mass is 35.5. The number of nitrogens with zero attached hydrogens (tertiary/aromatic N) is 2. The number of carbonyl (C=O) groups is 2. The van der Waals surface area contributed by atoms with Crippen molar-refractivity contribution in [3.05, 3.63) is 69.7 Å². The normalized spacial score (nSPS) is 19.0. The van der Waals surface area contributed by atoms with E-state index in [0.29, 0.717) is 15.6 Å². The summed E-state index contributed by atoms with van der Waals surface area (Å²) < 4.78 is 4.97. The molecule has 1 aliphatic heterocycles. The fourth-order valence-corrected chi connectivity index (χ4v) is 3.09. The molecule has 2 aromatic carbocycles. The van der Waals surface area contributed by atoms with E-state index in [4.69, 9.17) is 27.9 Å². The standard InChI is InChI=1S/C19H16Cl2N2O4/c1-2-27-18(25)16-11-19(26,13-6-8-14(20)9-7-13)23(22-16)17(24)12-4-3-5-15(21)10-12/h3-10,26H,2,11H2,1H3.